The van der Waals surface area contributed by atoms with Crippen molar-refractivity contribution >= 4 is 33.2 Å². The number of rotatable bonds is 10. The molecule has 0 aliphatic carbocycles. The number of benzene rings is 3. The minimum atomic E-state index is -3.60. The van der Waals surface area contributed by atoms with E-state index in [4.69, 9.17) is 9.47 Å². The normalized spacial score (nSPS) is 12.8. The Balaban J connectivity index is 1.35. The largest absolute Gasteiger partial charge is 0.497 e. The van der Waals surface area contributed by atoms with Crippen molar-refractivity contribution in [1.82, 2.24) is 4.72 Å². The average molecular weight is 538 g/mol. The second kappa shape index (κ2) is 11.7. The fourth-order valence-corrected chi connectivity index (χ4v) is 5.19. The van der Waals surface area contributed by atoms with Gasteiger partial charge in [0.1, 0.15) is 11.5 Å². The van der Waals surface area contributed by atoms with E-state index in [1.54, 1.807) is 48.4 Å². The molecule has 1 aliphatic heterocycles. The van der Waals surface area contributed by atoms with Gasteiger partial charge >= 0.3 is 0 Å². The molecule has 38 heavy (non-hydrogen) atoms. The van der Waals surface area contributed by atoms with Crippen LogP contribution in [0, 0.1) is 5.92 Å². The monoisotopic (exact) mass is 537 g/mol. The van der Waals surface area contributed by atoms with Crippen LogP contribution in [0.2, 0.25) is 0 Å². The van der Waals surface area contributed by atoms with E-state index in [1.165, 1.54) is 24.3 Å². The van der Waals surface area contributed by atoms with Crippen LogP contribution in [0.4, 0.5) is 11.4 Å². The maximum absolute atomic E-state index is 13.1. The van der Waals surface area contributed by atoms with Crippen LogP contribution in [-0.2, 0) is 21.2 Å². The first-order valence-corrected chi connectivity index (χ1v) is 13.8. The third kappa shape index (κ3) is 6.51. The molecule has 0 spiro atoms. The fraction of sp³-hybridized carbons (Fsp3) is 0.286. The lowest BCUT2D eigenvalue weighted by atomic mass is 10.1. The van der Waals surface area contributed by atoms with Gasteiger partial charge in [0.15, 0.2) is 6.61 Å². The molecule has 9 nitrogen and oxygen atoms in total. The molecule has 0 radical (unpaired) electrons. The second-order valence-electron chi connectivity index (χ2n) is 9.33. The van der Waals surface area contributed by atoms with Crippen molar-refractivity contribution in [3.05, 3.63) is 77.9 Å². The lowest BCUT2D eigenvalue weighted by Gasteiger charge is -2.18. The van der Waals surface area contributed by atoms with E-state index in [0.717, 1.165) is 17.7 Å². The highest BCUT2D eigenvalue weighted by Gasteiger charge is 2.26. The molecule has 2 amide bonds. The number of carbonyl (C=O) groups is 2. The number of nitrogens with zero attached hydrogens (tertiary/aromatic N) is 1. The zero-order valence-electron chi connectivity index (χ0n) is 21.6. The fourth-order valence-electron chi connectivity index (χ4n) is 3.98. The molecule has 10 heteroatoms. The molecule has 0 atom stereocenters. The number of ether oxygens (including phenoxy) is 2. The van der Waals surface area contributed by atoms with Gasteiger partial charge in [-0.05, 0) is 78.6 Å². The Labute approximate surface area is 222 Å². The predicted octanol–water partition coefficient (Wildman–Crippen LogP) is 3.85. The number of nitrogens with one attached hydrogen (secondary N) is 2. The molecule has 3 aromatic carbocycles. The third-order valence-corrected chi connectivity index (χ3v) is 7.47. The number of hydrogen-bond donors (Lipinski definition) is 2. The summed E-state index contributed by atoms with van der Waals surface area (Å²) in [6.07, 6.45) is 0.729. The summed E-state index contributed by atoms with van der Waals surface area (Å²) >= 11 is 0. The van der Waals surface area contributed by atoms with E-state index < -0.39 is 10.0 Å². The maximum atomic E-state index is 13.1. The molecule has 0 bridgehead atoms. The van der Waals surface area contributed by atoms with Gasteiger partial charge in [0, 0.05) is 30.0 Å². The number of carbonyl (C=O) groups excluding carboxylic acids is 2. The molecule has 0 fully saturated rings. The van der Waals surface area contributed by atoms with Crippen LogP contribution in [0.3, 0.4) is 0 Å². The van der Waals surface area contributed by atoms with Crippen LogP contribution >= 0.6 is 0 Å². The van der Waals surface area contributed by atoms with E-state index in [9.17, 15) is 18.0 Å². The van der Waals surface area contributed by atoms with Gasteiger partial charge in [-0.15, -0.1) is 0 Å². The van der Waals surface area contributed by atoms with Crippen molar-refractivity contribution in [2.24, 2.45) is 5.92 Å². The Hall–Kier alpha value is -3.89. The van der Waals surface area contributed by atoms with E-state index in [1.807, 2.05) is 19.9 Å². The quantitative estimate of drug-likeness (QED) is 0.406. The smallest absolute Gasteiger partial charge is 0.262 e. The van der Waals surface area contributed by atoms with Gasteiger partial charge in [0.05, 0.1) is 12.0 Å². The topological polar surface area (TPSA) is 114 Å². The molecule has 0 saturated heterocycles. The standard InChI is InChI=1S/C28H31N3O6S/c1-19(2)17-29-38(34,35)25-12-10-24(11-13-25)37-18-27(32)30-22-7-4-20-14-15-31(26(20)16-22)28(33)21-5-8-23(36-3)9-6-21/h4-13,16,19,29H,14-15,17-18H2,1-3H3,(H,30,32). The first-order valence-electron chi connectivity index (χ1n) is 12.3. The van der Waals surface area contributed by atoms with Crippen LogP contribution in [0.5, 0.6) is 11.5 Å². The van der Waals surface area contributed by atoms with Crippen molar-refractivity contribution in [1.29, 1.82) is 0 Å². The van der Waals surface area contributed by atoms with E-state index in [0.29, 0.717) is 35.8 Å². The second-order valence-corrected chi connectivity index (χ2v) is 11.1. The van der Waals surface area contributed by atoms with Crippen molar-refractivity contribution < 1.29 is 27.5 Å². The van der Waals surface area contributed by atoms with Gasteiger partial charge in [-0.2, -0.15) is 0 Å². The molecule has 4 rings (SSSR count). The Morgan fingerprint density at radius 1 is 0.974 bits per heavy atom. The van der Waals surface area contributed by atoms with E-state index in [2.05, 4.69) is 10.0 Å². The van der Waals surface area contributed by atoms with E-state index in [-0.39, 0.29) is 29.2 Å². The van der Waals surface area contributed by atoms with Crippen molar-refractivity contribution in [3.63, 3.8) is 0 Å². The summed E-state index contributed by atoms with van der Waals surface area (Å²) in [5.74, 6) is 0.728. The number of hydrogen-bond acceptors (Lipinski definition) is 6. The minimum absolute atomic E-state index is 0.122. The highest BCUT2D eigenvalue weighted by atomic mass is 32.2. The molecule has 0 saturated carbocycles. The Morgan fingerprint density at radius 3 is 2.32 bits per heavy atom. The molecule has 2 N–H and O–H groups in total. The number of fused-ring (bicyclic) bond motifs is 1. The van der Waals surface area contributed by atoms with Gasteiger partial charge in [-0.1, -0.05) is 19.9 Å². The van der Waals surface area contributed by atoms with Gasteiger partial charge < -0.3 is 19.7 Å². The van der Waals surface area contributed by atoms with Gasteiger partial charge in [-0.25, -0.2) is 13.1 Å². The summed E-state index contributed by atoms with van der Waals surface area (Å²) < 4.78 is 37.9. The maximum Gasteiger partial charge on any atom is 0.262 e. The van der Waals surface area contributed by atoms with Gasteiger partial charge in [0.2, 0.25) is 10.0 Å². The Morgan fingerprint density at radius 2 is 1.66 bits per heavy atom. The highest BCUT2D eigenvalue weighted by Crippen LogP contribution is 2.32. The van der Waals surface area contributed by atoms with Crippen molar-refractivity contribution in [2.45, 2.75) is 25.2 Å². The average Bonchev–Trinajstić information content (AvgIpc) is 3.34. The first kappa shape index (κ1) is 27.2. The number of methoxy groups -OCH3 is 1. The van der Waals surface area contributed by atoms with Crippen LogP contribution < -0.4 is 24.4 Å². The van der Waals surface area contributed by atoms with Gasteiger partial charge in [0.25, 0.3) is 11.8 Å². The molecular formula is C28H31N3O6S. The molecular weight excluding hydrogens is 506 g/mol. The molecule has 3 aromatic rings. The zero-order valence-corrected chi connectivity index (χ0v) is 22.4. The van der Waals surface area contributed by atoms with Gasteiger partial charge in [-0.3, -0.25) is 9.59 Å². The lowest BCUT2D eigenvalue weighted by molar-refractivity contribution is -0.118. The molecule has 0 unspecified atom stereocenters. The number of sulfonamides is 1. The van der Waals surface area contributed by atoms with Crippen LogP contribution in [0.15, 0.2) is 71.6 Å². The van der Waals surface area contributed by atoms with Crippen molar-refractivity contribution in [3.8, 4) is 11.5 Å². The molecule has 1 heterocycles. The number of anilines is 2. The SMILES string of the molecule is COc1ccc(C(=O)N2CCc3ccc(NC(=O)COc4ccc(S(=O)(=O)NCC(C)C)cc4)cc32)cc1. The minimum Gasteiger partial charge on any atom is -0.497 e. The zero-order chi connectivity index (χ0) is 27.3. The summed E-state index contributed by atoms with van der Waals surface area (Å²) in [4.78, 5) is 27.4. The number of amides is 2. The summed E-state index contributed by atoms with van der Waals surface area (Å²) in [6.45, 7) is 4.48. The summed E-state index contributed by atoms with van der Waals surface area (Å²) in [7, 11) is -2.03. The molecule has 0 aromatic heterocycles. The van der Waals surface area contributed by atoms with Crippen LogP contribution in [0.25, 0.3) is 0 Å². The van der Waals surface area contributed by atoms with Crippen LogP contribution in [0.1, 0.15) is 29.8 Å². The Bertz CT molecular complexity index is 1400. The van der Waals surface area contributed by atoms with Crippen LogP contribution in [-0.4, -0.2) is 47.0 Å². The predicted molar refractivity (Wildman–Crippen MR) is 145 cm³/mol. The highest BCUT2D eigenvalue weighted by molar-refractivity contribution is 7.89. The summed E-state index contributed by atoms with van der Waals surface area (Å²) in [5.41, 5.74) is 2.88. The van der Waals surface area contributed by atoms with Crippen molar-refractivity contribution in [2.75, 3.05) is 37.0 Å². The summed E-state index contributed by atoms with van der Waals surface area (Å²) in [5, 5.41) is 2.79. The molecule has 1 aliphatic rings. The first-order chi connectivity index (χ1) is 18.2. The summed E-state index contributed by atoms with van der Waals surface area (Å²) in [6, 6.07) is 18.3. The third-order valence-electron chi connectivity index (χ3n) is 6.03. The lowest BCUT2D eigenvalue weighted by Crippen LogP contribution is -2.29. The Kier molecular flexibility index (Phi) is 8.33. The molecule has 200 valence electrons. The van der Waals surface area contributed by atoms with E-state index >= 15 is 0 Å².